The summed E-state index contributed by atoms with van der Waals surface area (Å²) in [5, 5.41) is 13.6. The Labute approximate surface area is 161 Å². The SMILES string of the molecule is CCNC(=NCC(=O)NC(C)(C)C)NCCc1ccc(-n2cccn2)cc1. The number of nitrogens with one attached hydrogen (secondary N) is 3. The van der Waals surface area contributed by atoms with E-state index in [1.165, 1.54) is 5.56 Å². The number of benzene rings is 1. The molecule has 0 aliphatic heterocycles. The first-order valence-electron chi connectivity index (χ1n) is 9.29. The van der Waals surface area contributed by atoms with Gasteiger partial charge < -0.3 is 16.0 Å². The van der Waals surface area contributed by atoms with Gasteiger partial charge in [-0.3, -0.25) is 4.79 Å². The lowest BCUT2D eigenvalue weighted by Crippen LogP contribution is -2.43. The highest BCUT2D eigenvalue weighted by atomic mass is 16.2. The van der Waals surface area contributed by atoms with Crippen LogP contribution in [0.2, 0.25) is 0 Å². The maximum atomic E-state index is 11.9. The average molecular weight is 371 g/mol. The first-order valence-corrected chi connectivity index (χ1v) is 9.29. The predicted molar refractivity (Wildman–Crippen MR) is 109 cm³/mol. The van der Waals surface area contributed by atoms with Gasteiger partial charge >= 0.3 is 0 Å². The van der Waals surface area contributed by atoms with Crippen LogP contribution in [0.5, 0.6) is 0 Å². The van der Waals surface area contributed by atoms with E-state index in [9.17, 15) is 4.79 Å². The van der Waals surface area contributed by atoms with E-state index in [1.54, 1.807) is 6.20 Å². The summed E-state index contributed by atoms with van der Waals surface area (Å²) in [6.45, 7) is 9.44. The van der Waals surface area contributed by atoms with Gasteiger partial charge in [0.1, 0.15) is 6.54 Å². The zero-order chi connectivity index (χ0) is 19.7. The highest BCUT2D eigenvalue weighted by Gasteiger charge is 2.13. The first-order chi connectivity index (χ1) is 12.9. The Kier molecular flexibility index (Phi) is 7.40. The van der Waals surface area contributed by atoms with E-state index in [4.69, 9.17) is 0 Å². The molecule has 146 valence electrons. The Hall–Kier alpha value is -2.83. The Bertz CT molecular complexity index is 729. The third kappa shape index (κ3) is 7.52. The summed E-state index contributed by atoms with van der Waals surface area (Å²) in [5.74, 6) is 0.559. The molecule has 0 aliphatic rings. The largest absolute Gasteiger partial charge is 0.357 e. The van der Waals surface area contributed by atoms with Crippen molar-refractivity contribution in [1.82, 2.24) is 25.7 Å². The highest BCUT2D eigenvalue weighted by Crippen LogP contribution is 2.08. The summed E-state index contributed by atoms with van der Waals surface area (Å²) in [4.78, 5) is 16.3. The topological polar surface area (TPSA) is 83.3 Å². The molecule has 0 fully saturated rings. The number of aromatic nitrogens is 2. The number of carbonyl (C=O) groups is 1. The van der Waals surface area contributed by atoms with Gasteiger partial charge in [0, 0.05) is 31.0 Å². The summed E-state index contributed by atoms with van der Waals surface area (Å²) < 4.78 is 1.83. The molecule has 2 rings (SSSR count). The van der Waals surface area contributed by atoms with Crippen molar-refractivity contribution in [2.75, 3.05) is 19.6 Å². The van der Waals surface area contributed by atoms with Crippen molar-refractivity contribution in [3.63, 3.8) is 0 Å². The van der Waals surface area contributed by atoms with Gasteiger partial charge in [0.25, 0.3) is 0 Å². The van der Waals surface area contributed by atoms with Gasteiger partial charge in [-0.05, 0) is 57.9 Å². The number of carbonyl (C=O) groups excluding carboxylic acids is 1. The average Bonchev–Trinajstić information content (AvgIpc) is 3.13. The standard InChI is InChI=1S/C20H30N6O/c1-5-21-19(23-15-18(27)25-20(2,3)4)22-13-11-16-7-9-17(10-8-16)26-14-6-12-24-26/h6-10,12,14H,5,11,13,15H2,1-4H3,(H,25,27)(H2,21,22,23). The summed E-state index contributed by atoms with van der Waals surface area (Å²) in [5.41, 5.74) is 2.01. The number of hydrogen-bond acceptors (Lipinski definition) is 3. The van der Waals surface area contributed by atoms with E-state index in [-0.39, 0.29) is 18.0 Å². The van der Waals surface area contributed by atoms with E-state index in [0.717, 1.165) is 25.2 Å². The normalized spacial score (nSPS) is 11.9. The Morgan fingerprint density at radius 2 is 1.93 bits per heavy atom. The van der Waals surface area contributed by atoms with Crippen molar-refractivity contribution >= 4 is 11.9 Å². The molecule has 2 aromatic rings. The molecule has 0 atom stereocenters. The van der Waals surface area contributed by atoms with E-state index in [2.05, 4.69) is 50.3 Å². The number of nitrogens with zero attached hydrogens (tertiary/aromatic N) is 3. The van der Waals surface area contributed by atoms with Crippen LogP contribution in [0, 0.1) is 0 Å². The number of amides is 1. The van der Waals surface area contributed by atoms with Crippen LogP contribution >= 0.6 is 0 Å². The molecule has 1 aromatic carbocycles. The van der Waals surface area contributed by atoms with Crippen molar-refractivity contribution in [1.29, 1.82) is 0 Å². The van der Waals surface area contributed by atoms with Crippen molar-refractivity contribution in [3.05, 3.63) is 48.3 Å². The molecule has 0 aliphatic carbocycles. The minimum absolute atomic E-state index is 0.0890. The molecule has 0 radical (unpaired) electrons. The Morgan fingerprint density at radius 1 is 1.19 bits per heavy atom. The van der Waals surface area contributed by atoms with Crippen molar-refractivity contribution in [2.45, 2.75) is 39.7 Å². The number of aliphatic imine (C=N–C) groups is 1. The molecule has 27 heavy (non-hydrogen) atoms. The van der Waals surface area contributed by atoms with Crippen LogP contribution in [0.25, 0.3) is 5.69 Å². The van der Waals surface area contributed by atoms with Crippen molar-refractivity contribution in [2.24, 2.45) is 4.99 Å². The second-order valence-electron chi connectivity index (χ2n) is 7.29. The maximum absolute atomic E-state index is 11.9. The fourth-order valence-corrected chi connectivity index (χ4v) is 2.51. The van der Waals surface area contributed by atoms with E-state index in [1.807, 2.05) is 44.6 Å². The molecule has 0 unspecified atom stereocenters. The molecule has 7 nitrogen and oxygen atoms in total. The smallest absolute Gasteiger partial charge is 0.242 e. The minimum atomic E-state index is -0.249. The van der Waals surface area contributed by atoms with E-state index < -0.39 is 0 Å². The van der Waals surface area contributed by atoms with Crippen LogP contribution in [-0.2, 0) is 11.2 Å². The van der Waals surface area contributed by atoms with Gasteiger partial charge in [-0.15, -0.1) is 0 Å². The predicted octanol–water partition coefficient (Wildman–Crippen LogP) is 1.88. The van der Waals surface area contributed by atoms with Gasteiger partial charge in [0.2, 0.25) is 5.91 Å². The number of hydrogen-bond donors (Lipinski definition) is 3. The zero-order valence-electron chi connectivity index (χ0n) is 16.6. The molecule has 0 saturated heterocycles. The number of rotatable bonds is 7. The quantitative estimate of drug-likeness (QED) is 0.513. The molecule has 0 spiro atoms. The summed E-state index contributed by atoms with van der Waals surface area (Å²) in [7, 11) is 0. The zero-order valence-corrected chi connectivity index (χ0v) is 16.6. The third-order valence-electron chi connectivity index (χ3n) is 3.65. The lowest BCUT2D eigenvalue weighted by molar-refractivity contribution is -0.121. The molecule has 0 saturated carbocycles. The molecule has 7 heteroatoms. The molecule has 3 N–H and O–H groups in total. The Morgan fingerprint density at radius 3 is 2.52 bits per heavy atom. The lowest BCUT2D eigenvalue weighted by Gasteiger charge is -2.20. The minimum Gasteiger partial charge on any atom is -0.357 e. The van der Waals surface area contributed by atoms with Crippen LogP contribution in [0.1, 0.15) is 33.3 Å². The maximum Gasteiger partial charge on any atom is 0.242 e. The summed E-state index contributed by atoms with van der Waals surface area (Å²) in [6, 6.07) is 10.2. The van der Waals surface area contributed by atoms with Crippen molar-refractivity contribution in [3.8, 4) is 5.69 Å². The molecule has 0 bridgehead atoms. The Balaban J connectivity index is 1.83. The molecule has 1 aromatic heterocycles. The van der Waals surface area contributed by atoms with Crippen LogP contribution in [0.4, 0.5) is 0 Å². The third-order valence-corrected chi connectivity index (χ3v) is 3.65. The van der Waals surface area contributed by atoms with Crippen LogP contribution in [0.15, 0.2) is 47.7 Å². The van der Waals surface area contributed by atoms with Gasteiger partial charge in [0.15, 0.2) is 5.96 Å². The fraction of sp³-hybridized carbons (Fsp3) is 0.450. The second-order valence-corrected chi connectivity index (χ2v) is 7.29. The second kappa shape index (κ2) is 9.75. The van der Waals surface area contributed by atoms with Gasteiger partial charge in [-0.1, -0.05) is 12.1 Å². The van der Waals surface area contributed by atoms with E-state index in [0.29, 0.717) is 5.96 Å². The molecule has 1 amide bonds. The molecular formula is C20H30N6O. The van der Waals surface area contributed by atoms with Gasteiger partial charge in [-0.2, -0.15) is 5.10 Å². The van der Waals surface area contributed by atoms with Crippen molar-refractivity contribution < 1.29 is 4.79 Å². The van der Waals surface area contributed by atoms with Gasteiger partial charge in [0.05, 0.1) is 5.69 Å². The van der Waals surface area contributed by atoms with E-state index >= 15 is 0 Å². The number of guanidine groups is 1. The highest BCUT2D eigenvalue weighted by molar-refractivity contribution is 5.85. The van der Waals surface area contributed by atoms with Gasteiger partial charge in [-0.25, -0.2) is 9.67 Å². The van der Waals surface area contributed by atoms with Crippen LogP contribution in [-0.4, -0.2) is 46.8 Å². The molecule has 1 heterocycles. The first kappa shape index (κ1) is 20.5. The summed E-state index contributed by atoms with van der Waals surface area (Å²) >= 11 is 0. The summed E-state index contributed by atoms with van der Waals surface area (Å²) in [6.07, 6.45) is 4.55. The fourth-order valence-electron chi connectivity index (χ4n) is 2.51. The molecular weight excluding hydrogens is 340 g/mol. The lowest BCUT2D eigenvalue weighted by atomic mass is 10.1. The van der Waals surface area contributed by atoms with Crippen LogP contribution in [0.3, 0.4) is 0 Å². The monoisotopic (exact) mass is 370 g/mol. The van der Waals surface area contributed by atoms with Crippen LogP contribution < -0.4 is 16.0 Å².